The third-order valence-electron chi connectivity index (χ3n) is 1.77. The summed E-state index contributed by atoms with van der Waals surface area (Å²) in [6.45, 7) is 7.31. The highest BCUT2D eigenvalue weighted by Crippen LogP contribution is 2.12. The monoisotopic (exact) mass is 219 g/mol. The highest BCUT2D eigenvalue weighted by Gasteiger charge is 2.26. The average Bonchev–Trinajstić information content (AvgIpc) is 2.19. The fourth-order valence-electron chi connectivity index (χ4n) is 0.742. The van der Waals surface area contributed by atoms with Crippen molar-refractivity contribution in [1.29, 1.82) is 0 Å². The Bertz CT molecular complexity index is 169. The number of amides is 1. The Morgan fingerprint density at radius 1 is 1.50 bits per heavy atom. The predicted octanol–water partition coefficient (Wildman–Crippen LogP) is 1.42. The highest BCUT2D eigenvalue weighted by atomic mass is 28.4. The molecule has 0 atom stereocenters. The first kappa shape index (κ1) is 15.8. The van der Waals surface area contributed by atoms with Crippen LogP contribution in [0.15, 0.2) is 12.7 Å². The zero-order valence-electron chi connectivity index (χ0n) is 9.50. The Labute approximate surface area is 87.3 Å². The van der Waals surface area contributed by atoms with Crippen LogP contribution in [0.25, 0.3) is 0 Å². The summed E-state index contributed by atoms with van der Waals surface area (Å²) in [5, 5.41) is 0. The Kier molecular flexibility index (Phi) is 10.1. The van der Waals surface area contributed by atoms with Gasteiger partial charge >= 0.3 is 8.56 Å². The van der Waals surface area contributed by atoms with Gasteiger partial charge in [0.05, 0.1) is 0 Å². The lowest BCUT2D eigenvalue weighted by atomic mass is 10.6. The molecule has 4 nitrogen and oxygen atoms in total. The van der Waals surface area contributed by atoms with Crippen molar-refractivity contribution in [1.82, 2.24) is 0 Å². The largest absolute Gasteiger partial charge is 0.398 e. The maximum atomic E-state index is 9.47. The molecule has 0 aliphatic carbocycles. The summed E-state index contributed by atoms with van der Waals surface area (Å²) in [7, 11) is 1.76. The van der Waals surface area contributed by atoms with Crippen LogP contribution in [-0.2, 0) is 13.6 Å². The fourth-order valence-corrected chi connectivity index (χ4v) is 2.22. The number of carbonyl (C=O) groups is 1. The molecule has 0 spiro atoms. The summed E-state index contributed by atoms with van der Waals surface area (Å²) in [5.74, 6) is -0.481. The Hall–Kier alpha value is -0.653. The molecule has 0 aliphatic rings. The molecule has 84 valence electrons. The van der Waals surface area contributed by atoms with Crippen molar-refractivity contribution in [2.75, 3.05) is 14.2 Å². The lowest BCUT2D eigenvalue weighted by molar-refractivity contribution is -0.113. The molecule has 0 fully saturated rings. The van der Waals surface area contributed by atoms with Gasteiger partial charge in [0.15, 0.2) is 0 Å². The van der Waals surface area contributed by atoms with Crippen LogP contribution in [0.2, 0.25) is 12.6 Å². The minimum Gasteiger partial charge on any atom is -0.398 e. The van der Waals surface area contributed by atoms with E-state index in [1.54, 1.807) is 14.2 Å². The molecular formula is C9H21NO3Si. The number of hydrogen-bond donors (Lipinski definition) is 1. The van der Waals surface area contributed by atoms with Crippen molar-refractivity contribution in [3.8, 4) is 0 Å². The van der Waals surface area contributed by atoms with E-state index in [1.165, 1.54) is 0 Å². The number of nitrogens with two attached hydrogens (primary N) is 1. The van der Waals surface area contributed by atoms with Crippen molar-refractivity contribution in [2.45, 2.75) is 25.9 Å². The van der Waals surface area contributed by atoms with E-state index in [0.717, 1.165) is 18.5 Å². The third kappa shape index (κ3) is 9.44. The van der Waals surface area contributed by atoms with E-state index in [2.05, 4.69) is 25.8 Å². The molecule has 1 amide bonds. The van der Waals surface area contributed by atoms with E-state index in [1.807, 2.05) is 0 Å². The van der Waals surface area contributed by atoms with Crippen LogP contribution in [0.3, 0.4) is 0 Å². The zero-order chi connectivity index (χ0) is 11.6. The molecule has 0 aromatic rings. The van der Waals surface area contributed by atoms with Crippen LogP contribution >= 0.6 is 0 Å². The lowest BCUT2D eigenvalue weighted by Gasteiger charge is -2.21. The summed E-state index contributed by atoms with van der Waals surface area (Å²) >= 11 is 0. The van der Waals surface area contributed by atoms with Crippen molar-refractivity contribution < 1.29 is 13.6 Å². The standard InChI is InChI=1S/C6H16O2Si.C3H5NO/c1-5-6-9(4,7-2)8-3;1-2-3(4)5/h5-6H2,1-4H3;2H,1H2,(H2,4,5). The van der Waals surface area contributed by atoms with Gasteiger partial charge in [0, 0.05) is 14.2 Å². The fraction of sp³-hybridized carbons (Fsp3) is 0.667. The topological polar surface area (TPSA) is 61.6 Å². The van der Waals surface area contributed by atoms with Crippen LogP contribution in [-0.4, -0.2) is 28.7 Å². The van der Waals surface area contributed by atoms with Crippen LogP contribution in [0.5, 0.6) is 0 Å². The third-order valence-corrected chi connectivity index (χ3v) is 4.90. The summed E-state index contributed by atoms with van der Waals surface area (Å²) in [4.78, 5) is 9.47. The van der Waals surface area contributed by atoms with Gasteiger partial charge in [-0.3, -0.25) is 4.79 Å². The van der Waals surface area contributed by atoms with E-state index in [4.69, 9.17) is 8.85 Å². The van der Waals surface area contributed by atoms with E-state index < -0.39 is 14.5 Å². The lowest BCUT2D eigenvalue weighted by Crippen LogP contribution is -2.35. The second kappa shape index (κ2) is 8.92. The Morgan fingerprint density at radius 3 is 1.93 bits per heavy atom. The van der Waals surface area contributed by atoms with Crippen LogP contribution in [0.4, 0.5) is 0 Å². The summed E-state index contributed by atoms with van der Waals surface area (Å²) in [5.41, 5.74) is 4.53. The van der Waals surface area contributed by atoms with Gasteiger partial charge in [-0.2, -0.15) is 0 Å². The van der Waals surface area contributed by atoms with Gasteiger partial charge in [-0.1, -0.05) is 19.9 Å². The summed E-state index contributed by atoms with van der Waals surface area (Å²) in [6, 6.07) is 1.08. The average molecular weight is 219 g/mol. The molecule has 0 rings (SSSR count). The molecule has 0 unspecified atom stereocenters. The molecule has 0 bridgehead atoms. The smallest absolute Gasteiger partial charge is 0.334 e. The molecule has 2 N–H and O–H groups in total. The van der Waals surface area contributed by atoms with Crippen molar-refractivity contribution in [3.63, 3.8) is 0 Å². The highest BCUT2D eigenvalue weighted by molar-refractivity contribution is 6.65. The van der Waals surface area contributed by atoms with Gasteiger partial charge in [0.2, 0.25) is 5.91 Å². The summed E-state index contributed by atoms with van der Waals surface area (Å²) < 4.78 is 10.5. The van der Waals surface area contributed by atoms with Gasteiger partial charge in [-0.25, -0.2) is 0 Å². The van der Waals surface area contributed by atoms with Gasteiger partial charge in [-0.05, 0) is 18.7 Å². The minimum atomic E-state index is -1.70. The molecule has 0 aromatic carbocycles. The first-order valence-electron chi connectivity index (χ1n) is 4.48. The van der Waals surface area contributed by atoms with E-state index in [-0.39, 0.29) is 0 Å². The van der Waals surface area contributed by atoms with Crippen molar-refractivity contribution >= 4 is 14.5 Å². The number of carbonyl (C=O) groups excluding carboxylic acids is 1. The first-order chi connectivity index (χ1) is 6.45. The van der Waals surface area contributed by atoms with Crippen molar-refractivity contribution in [3.05, 3.63) is 12.7 Å². The first-order valence-corrected chi connectivity index (χ1v) is 7.00. The van der Waals surface area contributed by atoms with Crippen LogP contribution in [0, 0.1) is 0 Å². The minimum absolute atomic E-state index is 0.481. The molecule has 0 saturated heterocycles. The molecule has 0 radical (unpaired) electrons. The maximum absolute atomic E-state index is 9.47. The van der Waals surface area contributed by atoms with E-state index in [0.29, 0.717) is 0 Å². The van der Waals surface area contributed by atoms with Gasteiger partial charge in [0.1, 0.15) is 0 Å². The number of primary amides is 1. The summed E-state index contributed by atoms with van der Waals surface area (Å²) in [6.07, 6.45) is 2.20. The predicted molar refractivity (Wildman–Crippen MR) is 60.1 cm³/mol. The quantitative estimate of drug-likeness (QED) is 0.562. The van der Waals surface area contributed by atoms with Gasteiger partial charge < -0.3 is 14.6 Å². The molecule has 0 saturated carbocycles. The molecule has 0 heterocycles. The molecule has 0 aliphatic heterocycles. The number of hydrogen-bond acceptors (Lipinski definition) is 3. The van der Waals surface area contributed by atoms with Gasteiger partial charge in [0.25, 0.3) is 0 Å². The van der Waals surface area contributed by atoms with Gasteiger partial charge in [-0.15, -0.1) is 0 Å². The molecule has 14 heavy (non-hydrogen) atoms. The van der Waals surface area contributed by atoms with Crippen LogP contribution < -0.4 is 5.73 Å². The Morgan fingerprint density at radius 2 is 1.86 bits per heavy atom. The SMILES string of the molecule is C=CC(N)=O.CCC[Si](C)(OC)OC. The second-order valence-corrected chi connectivity index (χ2v) is 6.48. The molecule has 5 heteroatoms. The van der Waals surface area contributed by atoms with Crippen LogP contribution in [0.1, 0.15) is 13.3 Å². The normalized spacial score (nSPS) is 10.0. The maximum Gasteiger partial charge on any atom is 0.334 e. The van der Waals surface area contributed by atoms with Crippen molar-refractivity contribution in [2.24, 2.45) is 5.73 Å². The number of rotatable bonds is 5. The molecular weight excluding hydrogens is 198 g/mol. The molecule has 0 aromatic heterocycles. The zero-order valence-corrected chi connectivity index (χ0v) is 10.5. The Balaban J connectivity index is 0. The van der Waals surface area contributed by atoms with E-state index >= 15 is 0 Å². The van der Waals surface area contributed by atoms with E-state index in [9.17, 15) is 4.79 Å². The second-order valence-electron chi connectivity index (χ2n) is 2.90.